The smallest absolute Gasteiger partial charge is 0.272 e. The molecule has 0 aliphatic rings. The molecule has 0 spiro atoms. The minimum absolute atomic E-state index is 0.0450. The number of nitrogens with zero attached hydrogens (tertiary/aromatic N) is 2. The number of nitrogens with one attached hydrogen (secondary N) is 1. The van der Waals surface area contributed by atoms with Crippen LogP contribution in [0.3, 0.4) is 0 Å². The van der Waals surface area contributed by atoms with Crippen LogP contribution in [0.1, 0.15) is 40.5 Å². The topological polar surface area (TPSA) is 98.8 Å². The number of aryl methyl sites for hydroxylation is 1. The molecule has 0 saturated carbocycles. The van der Waals surface area contributed by atoms with Crippen molar-refractivity contribution >= 4 is 17.8 Å². The van der Waals surface area contributed by atoms with Crippen LogP contribution in [0.5, 0.6) is 11.5 Å². The van der Waals surface area contributed by atoms with Gasteiger partial charge in [0.25, 0.3) is 12.3 Å². The first-order chi connectivity index (χ1) is 19.2. The Bertz CT molecular complexity index is 1320. The summed E-state index contributed by atoms with van der Waals surface area (Å²) in [7, 11) is 0. The van der Waals surface area contributed by atoms with Crippen molar-refractivity contribution in [1.82, 2.24) is 10.3 Å². The molecule has 0 aliphatic heterocycles. The molecule has 0 fully saturated rings. The molecule has 1 amide bonds. The molecular formula is C29H32F4N4O3. The summed E-state index contributed by atoms with van der Waals surface area (Å²) < 4.78 is 62.2. The van der Waals surface area contributed by atoms with Gasteiger partial charge < -0.3 is 20.5 Å². The average Bonchev–Trinajstić information content (AvgIpc) is 2.92. The molecule has 214 valence electrons. The lowest BCUT2D eigenvalue weighted by Crippen LogP contribution is -2.26. The Labute approximate surface area is 230 Å². The fourth-order valence-electron chi connectivity index (χ4n) is 3.87. The number of ether oxygens (including phenoxy) is 2. The predicted octanol–water partition coefficient (Wildman–Crippen LogP) is 5.57. The first-order valence-corrected chi connectivity index (χ1v) is 12.8. The van der Waals surface area contributed by atoms with E-state index < -0.39 is 25.6 Å². The van der Waals surface area contributed by atoms with Crippen LogP contribution in [0.25, 0.3) is 11.3 Å². The number of amides is 1. The predicted molar refractivity (Wildman–Crippen MR) is 147 cm³/mol. The zero-order chi connectivity index (χ0) is 29.1. The average molecular weight is 561 g/mol. The minimum Gasteiger partial charge on any atom is -0.491 e. The van der Waals surface area contributed by atoms with E-state index in [1.54, 1.807) is 12.1 Å². The maximum atomic E-state index is 13.5. The fourth-order valence-corrected chi connectivity index (χ4v) is 3.87. The second-order valence-corrected chi connectivity index (χ2v) is 8.81. The van der Waals surface area contributed by atoms with Gasteiger partial charge in [-0.15, -0.1) is 0 Å². The summed E-state index contributed by atoms with van der Waals surface area (Å²) in [5.41, 5.74) is 9.30. The molecule has 2 aromatic carbocycles. The number of pyridine rings is 1. The molecule has 0 aliphatic carbocycles. The number of anilines is 1. The molecule has 0 saturated heterocycles. The number of hydrogen-bond donors (Lipinski definition) is 2. The highest BCUT2D eigenvalue weighted by Crippen LogP contribution is 2.32. The van der Waals surface area contributed by atoms with E-state index in [2.05, 4.69) is 10.3 Å². The molecule has 3 aromatic rings. The van der Waals surface area contributed by atoms with Gasteiger partial charge in [0, 0.05) is 48.1 Å². The number of aliphatic imine (C=N–C) groups is 1. The lowest BCUT2D eigenvalue weighted by atomic mass is 10.1. The van der Waals surface area contributed by atoms with E-state index in [-0.39, 0.29) is 42.3 Å². The molecule has 1 aromatic heterocycles. The van der Waals surface area contributed by atoms with Gasteiger partial charge in [-0.05, 0) is 68.3 Å². The lowest BCUT2D eigenvalue weighted by molar-refractivity contribution is 0.0822. The third kappa shape index (κ3) is 8.42. The number of alkyl halides is 3. The van der Waals surface area contributed by atoms with Crippen molar-refractivity contribution in [2.45, 2.75) is 33.1 Å². The van der Waals surface area contributed by atoms with Crippen LogP contribution in [0, 0.1) is 12.7 Å². The normalized spacial score (nSPS) is 11.3. The molecule has 0 unspecified atom stereocenters. The number of halogens is 4. The molecule has 11 heteroatoms. The molecule has 1 heterocycles. The van der Waals surface area contributed by atoms with Crippen LogP contribution in [0.15, 0.2) is 47.5 Å². The highest BCUT2D eigenvalue weighted by molar-refractivity contribution is 5.99. The summed E-state index contributed by atoms with van der Waals surface area (Å²) in [6.45, 7) is 3.15. The summed E-state index contributed by atoms with van der Waals surface area (Å²) >= 11 is 0. The van der Waals surface area contributed by atoms with Crippen molar-refractivity contribution in [1.29, 1.82) is 0 Å². The number of hydrogen-bond acceptors (Lipinski definition) is 6. The van der Waals surface area contributed by atoms with E-state index >= 15 is 0 Å². The third-order valence-corrected chi connectivity index (χ3v) is 5.74. The summed E-state index contributed by atoms with van der Waals surface area (Å²) in [5, 5.41) is 2.79. The Morgan fingerprint density at radius 3 is 2.60 bits per heavy atom. The number of nitrogen functional groups attached to an aromatic ring is 1. The molecule has 3 N–H and O–H groups in total. The molecule has 0 atom stereocenters. The van der Waals surface area contributed by atoms with Crippen molar-refractivity contribution in [3.05, 3.63) is 70.7 Å². The van der Waals surface area contributed by atoms with Crippen LogP contribution < -0.4 is 20.5 Å². The number of benzene rings is 2. The Morgan fingerprint density at radius 1 is 1.18 bits per heavy atom. The van der Waals surface area contributed by atoms with Crippen LogP contribution in [-0.2, 0) is 6.42 Å². The molecular weight excluding hydrogens is 528 g/mol. The van der Waals surface area contributed by atoms with Crippen LogP contribution >= 0.6 is 0 Å². The van der Waals surface area contributed by atoms with E-state index in [4.69, 9.17) is 20.2 Å². The van der Waals surface area contributed by atoms with Gasteiger partial charge in [0.1, 0.15) is 29.6 Å². The van der Waals surface area contributed by atoms with Crippen molar-refractivity contribution in [2.24, 2.45) is 4.99 Å². The maximum absolute atomic E-state index is 13.5. The largest absolute Gasteiger partial charge is 0.491 e. The summed E-state index contributed by atoms with van der Waals surface area (Å²) in [6, 6.07) is 10.6. The SMILES string of the molecule is CCOc1c(C)cc(CCNC(=O)c2cc(C=NCCCF)c(N)c(OCC(F)F)c2)nc1-c1ccc(F)cc1. The molecule has 0 bridgehead atoms. The first kappa shape index (κ1) is 30.4. The molecule has 0 radical (unpaired) electrons. The van der Waals surface area contributed by atoms with Crippen LogP contribution in [0.2, 0.25) is 0 Å². The van der Waals surface area contributed by atoms with E-state index in [9.17, 15) is 22.4 Å². The fraction of sp³-hybridized carbons (Fsp3) is 0.345. The third-order valence-electron chi connectivity index (χ3n) is 5.74. The quantitative estimate of drug-likeness (QED) is 0.116. The molecule has 3 rings (SSSR count). The number of rotatable bonds is 14. The van der Waals surface area contributed by atoms with Crippen molar-refractivity contribution < 1.29 is 31.8 Å². The maximum Gasteiger partial charge on any atom is 0.272 e. The minimum atomic E-state index is -2.73. The number of carbonyl (C=O) groups excluding carboxylic acids is 1. The summed E-state index contributed by atoms with van der Waals surface area (Å²) in [6.07, 6.45) is -0.786. The lowest BCUT2D eigenvalue weighted by Gasteiger charge is -2.15. The van der Waals surface area contributed by atoms with Crippen molar-refractivity contribution in [3.63, 3.8) is 0 Å². The first-order valence-electron chi connectivity index (χ1n) is 12.8. The molecule has 7 nitrogen and oxygen atoms in total. The van der Waals surface area contributed by atoms with Gasteiger partial charge in [-0.2, -0.15) is 0 Å². The van der Waals surface area contributed by atoms with Gasteiger partial charge in [0.2, 0.25) is 0 Å². The van der Waals surface area contributed by atoms with E-state index in [1.807, 2.05) is 19.9 Å². The van der Waals surface area contributed by atoms with Crippen LogP contribution in [0.4, 0.5) is 23.2 Å². The second kappa shape index (κ2) is 14.9. The van der Waals surface area contributed by atoms with Crippen molar-refractivity contribution in [2.75, 3.05) is 38.7 Å². The van der Waals surface area contributed by atoms with E-state index in [0.29, 0.717) is 41.3 Å². The Hall–Kier alpha value is -4.15. The van der Waals surface area contributed by atoms with Gasteiger partial charge in [0.05, 0.1) is 19.0 Å². The second-order valence-electron chi connectivity index (χ2n) is 8.81. The highest BCUT2D eigenvalue weighted by atomic mass is 19.3. The highest BCUT2D eigenvalue weighted by Gasteiger charge is 2.17. The van der Waals surface area contributed by atoms with Gasteiger partial charge in [-0.1, -0.05) is 0 Å². The molecule has 40 heavy (non-hydrogen) atoms. The van der Waals surface area contributed by atoms with Crippen LogP contribution in [-0.4, -0.2) is 56.5 Å². The zero-order valence-corrected chi connectivity index (χ0v) is 22.4. The number of carbonyl (C=O) groups is 1. The van der Waals surface area contributed by atoms with Crippen molar-refractivity contribution in [3.8, 4) is 22.8 Å². The Morgan fingerprint density at radius 2 is 1.93 bits per heavy atom. The Balaban J connectivity index is 1.78. The van der Waals surface area contributed by atoms with Gasteiger partial charge >= 0.3 is 0 Å². The van der Waals surface area contributed by atoms with E-state index in [0.717, 1.165) is 5.56 Å². The number of nitrogens with two attached hydrogens (primary N) is 1. The zero-order valence-electron chi connectivity index (χ0n) is 22.4. The van der Waals surface area contributed by atoms with E-state index in [1.165, 1.54) is 30.5 Å². The summed E-state index contributed by atoms with van der Waals surface area (Å²) in [5.74, 6) is -0.327. The van der Waals surface area contributed by atoms with Gasteiger partial charge in [-0.3, -0.25) is 14.2 Å². The monoisotopic (exact) mass is 560 g/mol. The van der Waals surface area contributed by atoms with Gasteiger partial charge in [-0.25, -0.2) is 18.2 Å². The standard InChI is InChI=1S/C29H32F4N4O3/c1-3-39-28-18(2)13-23(37-27(28)19-5-7-22(31)8-6-19)9-12-36-29(38)20-14-21(16-35-11-4-10-30)26(34)24(15-20)40-17-25(32)33/h5-8,13-16,25H,3-4,9-12,17,34H2,1-2H3,(H,36,38). The summed E-state index contributed by atoms with van der Waals surface area (Å²) in [4.78, 5) is 21.7. The van der Waals surface area contributed by atoms with Gasteiger partial charge in [0.15, 0.2) is 0 Å². The number of aromatic nitrogens is 1. The Kier molecular flexibility index (Phi) is 11.3.